The average molecular weight is 300 g/mol. The molecule has 1 aliphatic heterocycles. The van der Waals surface area contributed by atoms with Gasteiger partial charge in [-0.1, -0.05) is 36.5 Å². The standard InChI is InChI=1S/C17H20N2OS/c1-11-10-12(8-9-20-11)19-16-7-6-15(17(18)21)13-4-2-3-5-14(13)16/h2-7,11-12,19H,8-10H2,1H3,(H2,18,21). The van der Waals surface area contributed by atoms with Crippen molar-refractivity contribution in [2.75, 3.05) is 11.9 Å². The van der Waals surface area contributed by atoms with Gasteiger partial charge >= 0.3 is 0 Å². The highest BCUT2D eigenvalue weighted by Crippen LogP contribution is 2.29. The summed E-state index contributed by atoms with van der Waals surface area (Å²) in [5.74, 6) is 0. The number of rotatable bonds is 3. The molecular weight excluding hydrogens is 280 g/mol. The summed E-state index contributed by atoms with van der Waals surface area (Å²) in [7, 11) is 0. The fourth-order valence-electron chi connectivity index (χ4n) is 2.99. The second-order valence-corrected chi connectivity index (χ2v) is 6.06. The molecule has 3 N–H and O–H groups in total. The number of thiocarbonyl (C=S) groups is 1. The van der Waals surface area contributed by atoms with E-state index in [0.717, 1.165) is 36.1 Å². The Kier molecular flexibility index (Phi) is 4.08. The van der Waals surface area contributed by atoms with E-state index in [9.17, 15) is 0 Å². The van der Waals surface area contributed by atoms with E-state index < -0.39 is 0 Å². The van der Waals surface area contributed by atoms with Gasteiger partial charge in [-0.05, 0) is 37.3 Å². The molecule has 0 radical (unpaired) electrons. The van der Waals surface area contributed by atoms with Crippen LogP contribution in [0.4, 0.5) is 5.69 Å². The Morgan fingerprint density at radius 2 is 2.00 bits per heavy atom. The van der Waals surface area contributed by atoms with E-state index in [0.29, 0.717) is 17.1 Å². The van der Waals surface area contributed by atoms with Crippen LogP contribution in [0.3, 0.4) is 0 Å². The fourth-order valence-corrected chi connectivity index (χ4v) is 3.17. The van der Waals surface area contributed by atoms with Crippen LogP contribution < -0.4 is 11.1 Å². The van der Waals surface area contributed by atoms with Crippen molar-refractivity contribution in [1.29, 1.82) is 0 Å². The maximum atomic E-state index is 5.83. The van der Waals surface area contributed by atoms with E-state index in [1.165, 1.54) is 5.39 Å². The highest BCUT2D eigenvalue weighted by atomic mass is 32.1. The summed E-state index contributed by atoms with van der Waals surface area (Å²) >= 11 is 5.15. The molecule has 3 nitrogen and oxygen atoms in total. The number of benzene rings is 2. The molecule has 0 bridgehead atoms. The third-order valence-electron chi connectivity index (χ3n) is 4.03. The molecule has 2 unspecified atom stereocenters. The molecule has 0 spiro atoms. The Morgan fingerprint density at radius 1 is 1.24 bits per heavy atom. The third kappa shape index (κ3) is 3.01. The van der Waals surface area contributed by atoms with Gasteiger partial charge in [-0.2, -0.15) is 0 Å². The minimum atomic E-state index is 0.318. The van der Waals surface area contributed by atoms with E-state index in [-0.39, 0.29) is 0 Å². The Hall–Kier alpha value is -1.65. The number of hydrogen-bond acceptors (Lipinski definition) is 3. The van der Waals surface area contributed by atoms with Gasteiger partial charge in [0.1, 0.15) is 4.99 Å². The van der Waals surface area contributed by atoms with Gasteiger partial charge in [-0.3, -0.25) is 0 Å². The van der Waals surface area contributed by atoms with Crippen molar-refractivity contribution in [1.82, 2.24) is 0 Å². The molecule has 0 amide bonds. The SMILES string of the molecule is CC1CC(Nc2ccc(C(N)=S)c3ccccc23)CCO1. The Bertz CT molecular complexity index is 671. The van der Waals surface area contributed by atoms with Crippen LogP contribution in [0.2, 0.25) is 0 Å². The Balaban J connectivity index is 1.96. The van der Waals surface area contributed by atoms with Crippen molar-refractivity contribution < 1.29 is 4.74 Å². The molecule has 0 saturated carbocycles. The zero-order valence-corrected chi connectivity index (χ0v) is 13.0. The molecule has 2 aromatic rings. The first kappa shape index (κ1) is 14.3. The van der Waals surface area contributed by atoms with Crippen LogP contribution in [0, 0.1) is 0 Å². The quantitative estimate of drug-likeness (QED) is 0.852. The monoisotopic (exact) mass is 300 g/mol. The van der Waals surface area contributed by atoms with Gasteiger partial charge in [0.05, 0.1) is 6.10 Å². The largest absolute Gasteiger partial charge is 0.389 e. The minimum Gasteiger partial charge on any atom is -0.389 e. The van der Waals surface area contributed by atoms with Crippen molar-refractivity contribution in [2.45, 2.75) is 31.9 Å². The molecule has 0 aromatic heterocycles. The molecule has 4 heteroatoms. The predicted molar refractivity (Wildman–Crippen MR) is 91.9 cm³/mol. The number of nitrogens with one attached hydrogen (secondary N) is 1. The van der Waals surface area contributed by atoms with Crippen LogP contribution >= 0.6 is 12.2 Å². The van der Waals surface area contributed by atoms with Crippen molar-refractivity contribution in [2.24, 2.45) is 5.73 Å². The van der Waals surface area contributed by atoms with Gasteiger partial charge in [0.2, 0.25) is 0 Å². The summed E-state index contributed by atoms with van der Waals surface area (Å²) in [6.07, 6.45) is 2.39. The van der Waals surface area contributed by atoms with Gasteiger partial charge in [-0.15, -0.1) is 0 Å². The predicted octanol–water partition coefficient (Wildman–Crippen LogP) is 3.45. The summed E-state index contributed by atoms with van der Waals surface area (Å²) < 4.78 is 5.61. The van der Waals surface area contributed by atoms with Gasteiger partial charge in [0, 0.05) is 29.3 Å². The third-order valence-corrected chi connectivity index (χ3v) is 4.25. The second-order valence-electron chi connectivity index (χ2n) is 5.62. The smallest absolute Gasteiger partial charge is 0.104 e. The number of anilines is 1. The van der Waals surface area contributed by atoms with E-state index >= 15 is 0 Å². The lowest BCUT2D eigenvalue weighted by molar-refractivity contribution is 0.0232. The zero-order chi connectivity index (χ0) is 14.8. The van der Waals surface area contributed by atoms with Gasteiger partial charge in [0.25, 0.3) is 0 Å². The summed E-state index contributed by atoms with van der Waals surface area (Å²) in [6.45, 7) is 2.95. The van der Waals surface area contributed by atoms with Crippen LogP contribution in [0.1, 0.15) is 25.3 Å². The van der Waals surface area contributed by atoms with E-state index in [2.05, 4.69) is 30.4 Å². The van der Waals surface area contributed by atoms with Crippen molar-refractivity contribution in [3.8, 4) is 0 Å². The fraction of sp³-hybridized carbons (Fsp3) is 0.353. The first-order valence-corrected chi connectivity index (χ1v) is 7.75. The Labute approximate surface area is 130 Å². The number of ether oxygens (including phenoxy) is 1. The van der Waals surface area contributed by atoms with E-state index in [4.69, 9.17) is 22.7 Å². The van der Waals surface area contributed by atoms with E-state index in [1.807, 2.05) is 18.2 Å². The molecule has 1 fully saturated rings. The normalized spacial score (nSPS) is 22.1. The van der Waals surface area contributed by atoms with Crippen LogP contribution in [0.5, 0.6) is 0 Å². The summed E-state index contributed by atoms with van der Waals surface area (Å²) in [6, 6.07) is 12.8. The van der Waals surface area contributed by atoms with E-state index in [1.54, 1.807) is 0 Å². The lowest BCUT2D eigenvalue weighted by Gasteiger charge is -2.29. The molecule has 0 aliphatic carbocycles. The van der Waals surface area contributed by atoms with Crippen LogP contribution in [0.25, 0.3) is 10.8 Å². The van der Waals surface area contributed by atoms with Gasteiger partial charge < -0.3 is 15.8 Å². The first-order chi connectivity index (χ1) is 10.1. The van der Waals surface area contributed by atoms with Crippen LogP contribution in [-0.4, -0.2) is 23.7 Å². The number of nitrogens with two attached hydrogens (primary N) is 1. The van der Waals surface area contributed by atoms with Crippen molar-refractivity contribution in [3.05, 3.63) is 42.0 Å². The molecule has 110 valence electrons. The number of fused-ring (bicyclic) bond motifs is 1. The second kappa shape index (κ2) is 6.00. The zero-order valence-electron chi connectivity index (χ0n) is 12.1. The average Bonchev–Trinajstić information content (AvgIpc) is 2.47. The van der Waals surface area contributed by atoms with Crippen LogP contribution in [-0.2, 0) is 4.74 Å². The first-order valence-electron chi connectivity index (χ1n) is 7.35. The van der Waals surface area contributed by atoms with Crippen LogP contribution in [0.15, 0.2) is 36.4 Å². The summed E-state index contributed by atoms with van der Waals surface area (Å²) in [4.78, 5) is 0.442. The van der Waals surface area contributed by atoms with Gasteiger partial charge in [-0.25, -0.2) is 0 Å². The molecule has 3 rings (SSSR count). The molecule has 1 heterocycles. The molecule has 2 aromatic carbocycles. The lowest BCUT2D eigenvalue weighted by atomic mass is 10.00. The molecule has 21 heavy (non-hydrogen) atoms. The lowest BCUT2D eigenvalue weighted by Crippen LogP contribution is -2.32. The molecular formula is C17H20N2OS. The van der Waals surface area contributed by atoms with Gasteiger partial charge in [0.15, 0.2) is 0 Å². The summed E-state index contributed by atoms with van der Waals surface area (Å²) in [5, 5.41) is 5.93. The Morgan fingerprint density at radius 3 is 2.71 bits per heavy atom. The van der Waals surface area contributed by atoms with Crippen molar-refractivity contribution >= 4 is 33.7 Å². The molecule has 1 aliphatic rings. The van der Waals surface area contributed by atoms with Crippen molar-refractivity contribution in [3.63, 3.8) is 0 Å². The molecule has 1 saturated heterocycles. The summed E-state index contributed by atoms with van der Waals surface area (Å²) in [5.41, 5.74) is 7.91. The minimum absolute atomic E-state index is 0.318. The molecule has 2 atom stereocenters. The maximum Gasteiger partial charge on any atom is 0.104 e. The topological polar surface area (TPSA) is 47.3 Å². The highest BCUT2D eigenvalue weighted by Gasteiger charge is 2.20. The number of hydrogen-bond donors (Lipinski definition) is 2. The highest BCUT2D eigenvalue weighted by molar-refractivity contribution is 7.80. The maximum absolute atomic E-state index is 5.83.